The summed E-state index contributed by atoms with van der Waals surface area (Å²) < 4.78 is 5.32. The van der Waals surface area contributed by atoms with Gasteiger partial charge in [-0.05, 0) is 24.3 Å². The van der Waals surface area contributed by atoms with E-state index < -0.39 is 0 Å². The van der Waals surface area contributed by atoms with Crippen LogP contribution in [0, 0.1) is 11.3 Å². The van der Waals surface area contributed by atoms with Gasteiger partial charge in [0.25, 0.3) is 0 Å². The Morgan fingerprint density at radius 3 is 2.82 bits per heavy atom. The zero-order chi connectivity index (χ0) is 12.1. The van der Waals surface area contributed by atoms with Gasteiger partial charge >= 0.3 is 0 Å². The Labute approximate surface area is 98.5 Å². The number of nitriles is 1. The molecule has 0 unspecified atom stereocenters. The number of aromatic nitrogens is 1. The van der Waals surface area contributed by atoms with Crippen molar-refractivity contribution in [1.29, 1.82) is 5.26 Å². The number of carbonyl (C=O) groups excluding carboxylic acids is 1. The van der Waals surface area contributed by atoms with Crippen molar-refractivity contribution >= 4 is 5.78 Å². The van der Waals surface area contributed by atoms with E-state index in [1.165, 1.54) is 0 Å². The molecule has 0 aliphatic heterocycles. The number of rotatable bonds is 4. The molecule has 0 bridgehead atoms. The second kappa shape index (κ2) is 4.99. The average Bonchev–Trinajstić information content (AvgIpc) is 2.90. The lowest BCUT2D eigenvalue weighted by atomic mass is 10.2. The molecule has 0 saturated carbocycles. The third-order valence-electron chi connectivity index (χ3n) is 2.26. The molecule has 0 fully saturated rings. The molecule has 0 amide bonds. The molecule has 4 heteroatoms. The molecule has 1 N–H and O–H groups in total. The number of hydrogen-bond donors (Lipinski definition) is 1. The molecule has 0 aliphatic carbocycles. The Morgan fingerprint density at radius 2 is 2.12 bits per heavy atom. The van der Waals surface area contributed by atoms with Gasteiger partial charge in [-0.2, -0.15) is 5.26 Å². The Bertz CT molecular complexity index is 553. The Morgan fingerprint density at radius 1 is 1.29 bits per heavy atom. The Kier molecular flexibility index (Phi) is 3.22. The van der Waals surface area contributed by atoms with E-state index >= 15 is 0 Å². The van der Waals surface area contributed by atoms with E-state index in [-0.39, 0.29) is 12.4 Å². The highest BCUT2D eigenvalue weighted by atomic mass is 16.5. The summed E-state index contributed by atoms with van der Waals surface area (Å²) in [6.07, 6.45) is 1.68. The summed E-state index contributed by atoms with van der Waals surface area (Å²) in [6, 6.07) is 12.3. The molecule has 0 saturated heterocycles. The van der Waals surface area contributed by atoms with Gasteiger partial charge in [-0.15, -0.1) is 0 Å². The van der Waals surface area contributed by atoms with Crippen molar-refractivity contribution in [2.24, 2.45) is 0 Å². The molecular formula is C13H10N2O2. The van der Waals surface area contributed by atoms with Crippen LogP contribution in [0.1, 0.15) is 16.1 Å². The molecule has 17 heavy (non-hydrogen) atoms. The summed E-state index contributed by atoms with van der Waals surface area (Å²) in [6.45, 7) is -0.0841. The first-order valence-corrected chi connectivity index (χ1v) is 5.10. The number of benzene rings is 1. The van der Waals surface area contributed by atoms with Gasteiger partial charge in [-0.25, -0.2) is 0 Å². The van der Waals surface area contributed by atoms with Crippen molar-refractivity contribution in [1.82, 2.24) is 4.98 Å². The third-order valence-corrected chi connectivity index (χ3v) is 2.26. The first-order chi connectivity index (χ1) is 8.31. The van der Waals surface area contributed by atoms with Crippen LogP contribution < -0.4 is 4.74 Å². The molecule has 0 aliphatic rings. The van der Waals surface area contributed by atoms with Gasteiger partial charge in [-0.3, -0.25) is 4.79 Å². The highest BCUT2D eigenvalue weighted by molar-refractivity contribution is 5.95. The van der Waals surface area contributed by atoms with Crippen molar-refractivity contribution < 1.29 is 9.53 Å². The monoisotopic (exact) mass is 226 g/mol. The van der Waals surface area contributed by atoms with E-state index in [0.717, 1.165) is 0 Å². The number of ether oxygens (including phenoxy) is 1. The van der Waals surface area contributed by atoms with Crippen LogP contribution >= 0.6 is 0 Å². The molecule has 4 nitrogen and oxygen atoms in total. The molecule has 0 spiro atoms. The maximum atomic E-state index is 11.6. The van der Waals surface area contributed by atoms with Crippen molar-refractivity contribution in [3.05, 3.63) is 53.9 Å². The number of ketones is 1. The number of carbonyl (C=O) groups is 1. The summed E-state index contributed by atoms with van der Waals surface area (Å²) in [5.74, 6) is 0.276. The minimum absolute atomic E-state index is 0.0841. The van der Waals surface area contributed by atoms with Crippen molar-refractivity contribution in [3.8, 4) is 11.8 Å². The number of nitrogens with zero attached hydrogens (tertiary/aromatic N) is 1. The number of para-hydroxylation sites is 1. The summed E-state index contributed by atoms with van der Waals surface area (Å²) in [5.41, 5.74) is 0.922. The van der Waals surface area contributed by atoms with E-state index in [2.05, 4.69) is 4.98 Å². The summed E-state index contributed by atoms with van der Waals surface area (Å²) in [5, 5.41) is 8.85. The molecule has 2 aromatic rings. The molecule has 1 aromatic carbocycles. The fourth-order valence-electron chi connectivity index (χ4n) is 1.41. The van der Waals surface area contributed by atoms with Gasteiger partial charge in [0.2, 0.25) is 5.78 Å². The van der Waals surface area contributed by atoms with E-state index in [9.17, 15) is 4.79 Å². The van der Waals surface area contributed by atoms with Gasteiger partial charge in [0.05, 0.1) is 11.3 Å². The van der Waals surface area contributed by atoms with Crippen LogP contribution in [0.25, 0.3) is 0 Å². The smallest absolute Gasteiger partial charge is 0.216 e. The Balaban J connectivity index is 2.04. The lowest BCUT2D eigenvalue weighted by Gasteiger charge is -2.05. The number of hydrogen-bond acceptors (Lipinski definition) is 3. The van der Waals surface area contributed by atoms with Crippen LogP contribution in [0.4, 0.5) is 0 Å². The minimum atomic E-state index is -0.150. The topological polar surface area (TPSA) is 65.9 Å². The second-order valence-electron chi connectivity index (χ2n) is 3.40. The van der Waals surface area contributed by atoms with Crippen molar-refractivity contribution in [3.63, 3.8) is 0 Å². The minimum Gasteiger partial charge on any atom is -0.484 e. The molecule has 1 heterocycles. The molecular weight excluding hydrogens is 216 g/mol. The number of aromatic amines is 1. The molecule has 2 rings (SSSR count). The first-order valence-electron chi connectivity index (χ1n) is 5.10. The van der Waals surface area contributed by atoms with Crippen LogP contribution in [-0.2, 0) is 0 Å². The highest BCUT2D eigenvalue weighted by Crippen LogP contribution is 2.16. The van der Waals surface area contributed by atoms with E-state index in [0.29, 0.717) is 17.0 Å². The maximum absolute atomic E-state index is 11.6. The summed E-state index contributed by atoms with van der Waals surface area (Å²) in [4.78, 5) is 14.4. The fraction of sp³-hybridized carbons (Fsp3) is 0.0769. The van der Waals surface area contributed by atoms with Gasteiger partial charge in [0, 0.05) is 6.20 Å². The molecule has 1 aromatic heterocycles. The lowest BCUT2D eigenvalue weighted by Crippen LogP contribution is -2.12. The standard InChI is InChI=1S/C13H10N2O2/c14-8-10-4-1-2-6-13(10)17-9-12(16)11-5-3-7-15-11/h1-7,15H,9H2. The largest absolute Gasteiger partial charge is 0.484 e. The van der Waals surface area contributed by atoms with Crippen LogP contribution in [0.2, 0.25) is 0 Å². The zero-order valence-corrected chi connectivity index (χ0v) is 9.01. The van der Waals surface area contributed by atoms with Crippen LogP contribution in [0.15, 0.2) is 42.6 Å². The van der Waals surface area contributed by atoms with Crippen LogP contribution in [0.5, 0.6) is 5.75 Å². The van der Waals surface area contributed by atoms with Crippen molar-refractivity contribution in [2.75, 3.05) is 6.61 Å². The fourth-order valence-corrected chi connectivity index (χ4v) is 1.41. The predicted octanol–water partition coefficient (Wildman–Crippen LogP) is 2.15. The van der Waals surface area contributed by atoms with Crippen LogP contribution in [-0.4, -0.2) is 17.4 Å². The van der Waals surface area contributed by atoms with Gasteiger partial charge in [0.15, 0.2) is 6.61 Å². The Hall–Kier alpha value is -2.54. The summed E-state index contributed by atoms with van der Waals surface area (Å²) in [7, 11) is 0. The van der Waals surface area contributed by atoms with E-state index in [1.807, 2.05) is 6.07 Å². The normalized spacial score (nSPS) is 9.59. The van der Waals surface area contributed by atoms with Gasteiger partial charge < -0.3 is 9.72 Å². The number of Topliss-reactive ketones (excluding diaryl/α,β-unsaturated/α-hetero) is 1. The predicted molar refractivity (Wildman–Crippen MR) is 61.8 cm³/mol. The van der Waals surface area contributed by atoms with Crippen molar-refractivity contribution in [2.45, 2.75) is 0 Å². The maximum Gasteiger partial charge on any atom is 0.216 e. The second-order valence-corrected chi connectivity index (χ2v) is 3.40. The molecule has 0 radical (unpaired) electrons. The quantitative estimate of drug-likeness (QED) is 0.812. The van der Waals surface area contributed by atoms with Gasteiger partial charge in [-0.1, -0.05) is 12.1 Å². The summed E-state index contributed by atoms with van der Waals surface area (Å²) >= 11 is 0. The number of H-pyrrole nitrogens is 1. The SMILES string of the molecule is N#Cc1ccccc1OCC(=O)c1ccc[nH]1. The molecule has 0 atom stereocenters. The lowest BCUT2D eigenvalue weighted by molar-refractivity contribution is 0.0917. The first kappa shape index (κ1) is 11.0. The zero-order valence-electron chi connectivity index (χ0n) is 9.01. The van der Waals surface area contributed by atoms with E-state index in [1.54, 1.807) is 42.6 Å². The average molecular weight is 226 g/mol. The third kappa shape index (κ3) is 2.52. The highest BCUT2D eigenvalue weighted by Gasteiger charge is 2.08. The number of nitrogens with one attached hydrogen (secondary N) is 1. The van der Waals surface area contributed by atoms with Crippen LogP contribution in [0.3, 0.4) is 0 Å². The molecule has 84 valence electrons. The van der Waals surface area contributed by atoms with E-state index in [4.69, 9.17) is 10.00 Å². The van der Waals surface area contributed by atoms with Gasteiger partial charge in [0.1, 0.15) is 11.8 Å².